The van der Waals surface area contributed by atoms with Crippen LogP contribution in [0.15, 0.2) is 50.4 Å². The zero-order valence-corrected chi connectivity index (χ0v) is 10.7. The zero-order chi connectivity index (χ0) is 15.0. The first-order valence-electron chi connectivity index (χ1n) is 6.13. The molecule has 0 aliphatic carbocycles. The molecule has 0 spiro atoms. The minimum Gasteiger partial charge on any atom is -0.372 e. The van der Waals surface area contributed by atoms with E-state index in [1.165, 1.54) is 36.4 Å². The van der Waals surface area contributed by atoms with Crippen LogP contribution in [0.25, 0.3) is 10.9 Å². The Morgan fingerprint density at radius 2 is 1.71 bits per heavy atom. The van der Waals surface area contributed by atoms with Gasteiger partial charge in [-0.1, -0.05) is 18.2 Å². The number of benzene rings is 2. The summed E-state index contributed by atoms with van der Waals surface area (Å²) in [4.78, 5) is 24.9. The molecule has 0 atom stereocenters. The maximum atomic E-state index is 14.4. The highest BCUT2D eigenvalue weighted by Crippen LogP contribution is 2.19. The van der Waals surface area contributed by atoms with E-state index in [0.29, 0.717) is 5.56 Å². The number of aromatic nitrogens is 1. The summed E-state index contributed by atoms with van der Waals surface area (Å²) in [6.45, 7) is 0. The predicted octanol–water partition coefficient (Wildman–Crippen LogP) is 2.35. The van der Waals surface area contributed by atoms with Gasteiger partial charge < -0.3 is 4.42 Å². The number of aromatic amines is 1. The molecule has 3 aromatic rings. The second kappa shape index (κ2) is 4.97. The van der Waals surface area contributed by atoms with E-state index in [1.54, 1.807) is 0 Å². The smallest absolute Gasteiger partial charge is 0.372 e. The van der Waals surface area contributed by atoms with Crippen LogP contribution in [0, 0.1) is 11.6 Å². The lowest BCUT2D eigenvalue weighted by molar-refractivity contribution is 0.456. The van der Waals surface area contributed by atoms with Gasteiger partial charge in [-0.2, -0.15) is 0 Å². The quantitative estimate of drug-likeness (QED) is 0.787. The molecule has 106 valence electrons. The van der Waals surface area contributed by atoms with Gasteiger partial charge in [-0.3, -0.25) is 4.98 Å². The number of nitrogens with one attached hydrogen (secondary N) is 1. The summed E-state index contributed by atoms with van der Waals surface area (Å²) < 4.78 is 31.5. The van der Waals surface area contributed by atoms with Crippen molar-refractivity contribution in [2.75, 3.05) is 0 Å². The van der Waals surface area contributed by atoms with E-state index in [1.807, 2.05) is 0 Å². The summed E-state index contributed by atoms with van der Waals surface area (Å²) in [5, 5.41) is -0.297. The fraction of sp³-hybridized carbons (Fsp3) is 0.0667. The van der Waals surface area contributed by atoms with Crippen LogP contribution in [0.3, 0.4) is 0 Å². The highest BCUT2D eigenvalue weighted by atomic mass is 19.1. The molecule has 0 fully saturated rings. The summed E-state index contributed by atoms with van der Waals surface area (Å²) in [5.41, 5.74) is 0.0146. The van der Waals surface area contributed by atoms with Crippen molar-refractivity contribution < 1.29 is 13.2 Å². The third-order valence-corrected chi connectivity index (χ3v) is 3.16. The van der Waals surface area contributed by atoms with E-state index in [0.717, 1.165) is 0 Å². The number of halogens is 2. The summed E-state index contributed by atoms with van der Waals surface area (Å²) in [6, 6.07) is 8.54. The van der Waals surface area contributed by atoms with Gasteiger partial charge in [0.1, 0.15) is 17.0 Å². The monoisotopic (exact) mass is 289 g/mol. The minimum absolute atomic E-state index is 0.0802. The first-order chi connectivity index (χ1) is 10.0. The lowest BCUT2D eigenvalue weighted by Gasteiger charge is -2.05. The largest absolute Gasteiger partial charge is 0.419 e. The molecule has 1 aromatic heterocycles. The lowest BCUT2D eigenvalue weighted by Crippen LogP contribution is -2.16. The Morgan fingerprint density at radius 3 is 2.43 bits per heavy atom. The molecule has 2 aromatic carbocycles. The van der Waals surface area contributed by atoms with E-state index in [-0.39, 0.29) is 28.7 Å². The molecule has 0 aliphatic heterocycles. The van der Waals surface area contributed by atoms with E-state index in [2.05, 4.69) is 9.40 Å². The average Bonchev–Trinajstić information content (AvgIpc) is 2.43. The molecule has 0 amide bonds. The van der Waals surface area contributed by atoms with Crippen molar-refractivity contribution in [3.05, 3.63) is 80.1 Å². The van der Waals surface area contributed by atoms with Crippen LogP contribution >= 0.6 is 0 Å². The van der Waals surface area contributed by atoms with Crippen LogP contribution in [0.4, 0.5) is 8.78 Å². The van der Waals surface area contributed by atoms with Crippen LogP contribution in [0.5, 0.6) is 0 Å². The van der Waals surface area contributed by atoms with E-state index < -0.39 is 17.2 Å². The number of hydrogen-bond donors (Lipinski definition) is 1. The predicted molar refractivity (Wildman–Crippen MR) is 72.3 cm³/mol. The molecule has 0 saturated carbocycles. The maximum Gasteiger partial charge on any atom is 0.419 e. The summed E-state index contributed by atoms with van der Waals surface area (Å²) >= 11 is 0. The molecule has 0 bridgehead atoms. The molecule has 3 rings (SSSR count). The Balaban J connectivity index is 2.12. The van der Waals surface area contributed by atoms with Crippen molar-refractivity contribution in [3.8, 4) is 0 Å². The Bertz CT molecular complexity index is 926. The molecule has 0 aliphatic rings. The van der Waals surface area contributed by atoms with E-state index >= 15 is 0 Å². The second-order valence-corrected chi connectivity index (χ2v) is 4.57. The van der Waals surface area contributed by atoms with Gasteiger partial charge >= 0.3 is 11.4 Å². The van der Waals surface area contributed by atoms with Gasteiger partial charge in [-0.25, -0.2) is 18.4 Å². The number of H-pyrrole nitrogens is 1. The van der Waals surface area contributed by atoms with Crippen LogP contribution in [-0.4, -0.2) is 4.98 Å². The third-order valence-electron chi connectivity index (χ3n) is 3.16. The van der Waals surface area contributed by atoms with Crippen molar-refractivity contribution in [1.29, 1.82) is 0 Å². The van der Waals surface area contributed by atoms with Gasteiger partial charge in [-0.05, 0) is 29.3 Å². The first-order valence-corrected chi connectivity index (χ1v) is 6.13. The lowest BCUT2D eigenvalue weighted by atomic mass is 10.0. The van der Waals surface area contributed by atoms with Crippen LogP contribution in [0.1, 0.15) is 11.1 Å². The molecule has 0 radical (unpaired) electrons. The number of rotatable bonds is 2. The fourth-order valence-electron chi connectivity index (χ4n) is 2.15. The molecule has 21 heavy (non-hydrogen) atoms. The van der Waals surface area contributed by atoms with Gasteiger partial charge in [0.25, 0.3) is 0 Å². The molecular weight excluding hydrogens is 280 g/mol. The minimum atomic E-state index is -1.02. The van der Waals surface area contributed by atoms with Crippen molar-refractivity contribution >= 4 is 10.9 Å². The van der Waals surface area contributed by atoms with Gasteiger partial charge in [-0.15, -0.1) is 0 Å². The van der Waals surface area contributed by atoms with Gasteiger partial charge in [0.05, 0.1) is 5.52 Å². The molecular formula is C15H9F2NO3. The number of fused-ring (bicyclic) bond motifs is 1. The van der Waals surface area contributed by atoms with Crippen LogP contribution in [-0.2, 0) is 6.42 Å². The summed E-state index contributed by atoms with van der Waals surface area (Å²) in [5.74, 6) is -2.06. The van der Waals surface area contributed by atoms with E-state index in [4.69, 9.17) is 0 Å². The Kier molecular flexibility index (Phi) is 3.13. The third kappa shape index (κ3) is 2.47. The van der Waals surface area contributed by atoms with Crippen molar-refractivity contribution in [2.24, 2.45) is 0 Å². The molecule has 0 saturated heterocycles. The molecule has 0 unspecified atom stereocenters. The highest BCUT2D eigenvalue weighted by Gasteiger charge is 2.13. The SMILES string of the molecule is O=c1[nH]c2ccc(Cc3ccc(F)cc3)c(F)c2c(=O)o1. The van der Waals surface area contributed by atoms with Gasteiger partial charge in [0, 0.05) is 6.42 Å². The van der Waals surface area contributed by atoms with Crippen molar-refractivity contribution in [3.63, 3.8) is 0 Å². The Morgan fingerprint density at radius 1 is 1.00 bits per heavy atom. The molecule has 1 N–H and O–H groups in total. The zero-order valence-electron chi connectivity index (χ0n) is 10.7. The van der Waals surface area contributed by atoms with Crippen molar-refractivity contribution in [2.45, 2.75) is 6.42 Å². The summed E-state index contributed by atoms with van der Waals surface area (Å²) in [6.07, 6.45) is 0.195. The average molecular weight is 289 g/mol. The van der Waals surface area contributed by atoms with Crippen LogP contribution in [0.2, 0.25) is 0 Å². The molecule has 6 heteroatoms. The molecule has 4 nitrogen and oxygen atoms in total. The van der Waals surface area contributed by atoms with E-state index in [9.17, 15) is 18.4 Å². The van der Waals surface area contributed by atoms with Crippen molar-refractivity contribution in [1.82, 2.24) is 4.98 Å². The Labute approximate surface area is 116 Å². The first kappa shape index (κ1) is 13.2. The second-order valence-electron chi connectivity index (χ2n) is 4.57. The topological polar surface area (TPSA) is 63.1 Å². The maximum absolute atomic E-state index is 14.4. The standard InChI is InChI=1S/C15H9F2NO3/c16-10-4-1-8(2-5-10)7-9-3-6-11-12(13(9)17)14(19)21-15(20)18-11/h1-6H,7H2,(H,18,20). The van der Waals surface area contributed by atoms with Gasteiger partial charge in [0.15, 0.2) is 0 Å². The van der Waals surface area contributed by atoms with Crippen LogP contribution < -0.4 is 11.4 Å². The van der Waals surface area contributed by atoms with Gasteiger partial charge in [0.2, 0.25) is 0 Å². The highest BCUT2D eigenvalue weighted by molar-refractivity contribution is 5.78. The molecule has 1 heterocycles. The summed E-state index contributed by atoms with van der Waals surface area (Å²) in [7, 11) is 0. The Hall–Kier alpha value is -2.76. The number of hydrogen-bond acceptors (Lipinski definition) is 3. The fourth-order valence-corrected chi connectivity index (χ4v) is 2.15. The normalized spacial score (nSPS) is 11.0.